The Labute approximate surface area is 144 Å². The van der Waals surface area contributed by atoms with Crippen molar-refractivity contribution in [1.29, 1.82) is 0 Å². The second-order valence-corrected chi connectivity index (χ2v) is 7.07. The van der Waals surface area contributed by atoms with Gasteiger partial charge >= 0.3 is 0 Å². The summed E-state index contributed by atoms with van der Waals surface area (Å²) < 4.78 is 0. The number of hydrogen-bond acceptors (Lipinski definition) is 4. The van der Waals surface area contributed by atoms with Gasteiger partial charge < -0.3 is 15.1 Å². The van der Waals surface area contributed by atoms with Crippen molar-refractivity contribution < 1.29 is 0 Å². The molecule has 128 valence electrons. The van der Waals surface area contributed by atoms with E-state index in [0.717, 1.165) is 45.0 Å². The molecule has 0 amide bonds. The molecule has 5 heteroatoms. The highest BCUT2D eigenvalue weighted by Gasteiger charge is 2.18. The first-order valence-electron chi connectivity index (χ1n) is 9.09. The number of aromatic nitrogens is 2. The number of nitrogens with zero attached hydrogens (tertiary/aromatic N) is 3. The van der Waals surface area contributed by atoms with E-state index in [1.807, 2.05) is 0 Å². The van der Waals surface area contributed by atoms with Gasteiger partial charge in [-0.05, 0) is 51.2 Å². The van der Waals surface area contributed by atoms with Crippen LogP contribution >= 0.6 is 0 Å². The van der Waals surface area contributed by atoms with Gasteiger partial charge in [0.2, 0.25) is 0 Å². The second kappa shape index (κ2) is 6.95. The molecule has 4 rings (SSSR count). The zero-order chi connectivity index (χ0) is 16.4. The summed E-state index contributed by atoms with van der Waals surface area (Å²) in [5.41, 5.74) is 4.87. The molecule has 2 N–H and O–H groups in total. The summed E-state index contributed by atoms with van der Waals surface area (Å²) in [5.74, 6) is 0.622. The van der Waals surface area contributed by atoms with Gasteiger partial charge in [0.05, 0.1) is 5.69 Å². The lowest BCUT2D eigenvalue weighted by molar-refractivity contribution is 0.313. The molecule has 1 aromatic carbocycles. The summed E-state index contributed by atoms with van der Waals surface area (Å²) >= 11 is 0. The third-order valence-electron chi connectivity index (χ3n) is 5.41. The molecule has 5 nitrogen and oxygen atoms in total. The molecule has 3 heterocycles. The number of hydrogen-bond donors (Lipinski definition) is 2. The minimum absolute atomic E-state index is 0.622. The van der Waals surface area contributed by atoms with E-state index in [9.17, 15) is 0 Å². The average Bonchev–Trinajstić information content (AvgIpc) is 3.13. The molecule has 0 unspecified atom stereocenters. The van der Waals surface area contributed by atoms with Crippen molar-refractivity contribution >= 4 is 5.69 Å². The number of anilines is 1. The van der Waals surface area contributed by atoms with Crippen LogP contribution in [0.25, 0.3) is 11.3 Å². The number of nitrogens with one attached hydrogen (secondary N) is 2. The predicted octanol–water partition coefficient (Wildman–Crippen LogP) is 2.30. The summed E-state index contributed by atoms with van der Waals surface area (Å²) in [6.07, 6.45) is 2.40. The van der Waals surface area contributed by atoms with Gasteiger partial charge in [-0.1, -0.05) is 12.1 Å². The molecule has 2 aliphatic heterocycles. The van der Waals surface area contributed by atoms with Crippen LogP contribution in [0.2, 0.25) is 0 Å². The first kappa shape index (κ1) is 15.7. The van der Waals surface area contributed by atoms with E-state index < -0.39 is 0 Å². The molecule has 0 aliphatic carbocycles. The Morgan fingerprint density at radius 1 is 1.00 bits per heavy atom. The van der Waals surface area contributed by atoms with Crippen LogP contribution < -0.4 is 10.2 Å². The van der Waals surface area contributed by atoms with E-state index in [1.165, 1.54) is 29.8 Å². The van der Waals surface area contributed by atoms with Crippen LogP contribution in [-0.4, -0.2) is 61.4 Å². The van der Waals surface area contributed by atoms with Crippen molar-refractivity contribution in [3.05, 3.63) is 36.0 Å². The SMILES string of the molecule is CN1CCN(c2ccc(-c3cc(C4CCNCC4)[nH]n3)cc2)CC1. The van der Waals surface area contributed by atoms with Gasteiger partial charge in [0.1, 0.15) is 0 Å². The largest absolute Gasteiger partial charge is 0.369 e. The number of piperazine rings is 1. The molecule has 2 saturated heterocycles. The minimum Gasteiger partial charge on any atom is -0.369 e. The monoisotopic (exact) mass is 325 g/mol. The zero-order valence-electron chi connectivity index (χ0n) is 14.5. The van der Waals surface area contributed by atoms with Crippen LogP contribution in [0, 0.1) is 0 Å². The number of H-pyrrole nitrogens is 1. The molecule has 0 saturated carbocycles. The van der Waals surface area contributed by atoms with Crippen LogP contribution in [0.4, 0.5) is 5.69 Å². The van der Waals surface area contributed by atoms with Gasteiger partial charge in [-0.25, -0.2) is 0 Å². The van der Waals surface area contributed by atoms with Crippen LogP contribution in [0.3, 0.4) is 0 Å². The van der Waals surface area contributed by atoms with Crippen molar-refractivity contribution in [3.63, 3.8) is 0 Å². The fourth-order valence-electron chi connectivity index (χ4n) is 3.73. The number of likely N-dealkylation sites (N-methyl/N-ethyl adjacent to an activating group) is 1. The zero-order valence-corrected chi connectivity index (χ0v) is 14.5. The van der Waals surface area contributed by atoms with E-state index in [2.05, 4.69) is 62.7 Å². The third kappa shape index (κ3) is 3.32. The molecule has 0 atom stereocenters. The Morgan fingerprint density at radius 3 is 2.42 bits per heavy atom. The molecule has 2 aromatic rings. The van der Waals surface area contributed by atoms with Crippen molar-refractivity contribution in [2.75, 3.05) is 51.2 Å². The summed E-state index contributed by atoms with van der Waals surface area (Å²) in [5, 5.41) is 11.2. The van der Waals surface area contributed by atoms with Crippen LogP contribution in [0.15, 0.2) is 30.3 Å². The Hall–Kier alpha value is -1.85. The van der Waals surface area contributed by atoms with Crippen LogP contribution in [0.1, 0.15) is 24.5 Å². The Balaban J connectivity index is 1.46. The Morgan fingerprint density at radius 2 is 1.71 bits per heavy atom. The number of benzene rings is 1. The lowest BCUT2D eigenvalue weighted by atomic mass is 9.94. The smallest absolute Gasteiger partial charge is 0.0923 e. The topological polar surface area (TPSA) is 47.2 Å². The Kier molecular flexibility index (Phi) is 4.54. The molecular weight excluding hydrogens is 298 g/mol. The van der Waals surface area contributed by atoms with Crippen LogP contribution in [-0.2, 0) is 0 Å². The molecule has 24 heavy (non-hydrogen) atoms. The fraction of sp³-hybridized carbons (Fsp3) is 0.526. The number of piperidine rings is 1. The van der Waals surface area contributed by atoms with Crippen molar-refractivity contribution in [3.8, 4) is 11.3 Å². The van der Waals surface area contributed by atoms with E-state index in [4.69, 9.17) is 0 Å². The fourth-order valence-corrected chi connectivity index (χ4v) is 3.73. The van der Waals surface area contributed by atoms with E-state index >= 15 is 0 Å². The second-order valence-electron chi connectivity index (χ2n) is 7.07. The maximum Gasteiger partial charge on any atom is 0.0923 e. The quantitative estimate of drug-likeness (QED) is 0.909. The van der Waals surface area contributed by atoms with E-state index in [0.29, 0.717) is 5.92 Å². The number of rotatable bonds is 3. The minimum atomic E-state index is 0.622. The first-order valence-corrected chi connectivity index (χ1v) is 9.09. The average molecular weight is 325 g/mol. The molecule has 0 radical (unpaired) electrons. The lowest BCUT2D eigenvalue weighted by Gasteiger charge is -2.34. The molecule has 2 aliphatic rings. The Bertz CT molecular complexity index is 649. The molecule has 2 fully saturated rings. The normalized spacial score (nSPS) is 20.5. The van der Waals surface area contributed by atoms with Crippen molar-refractivity contribution in [2.24, 2.45) is 0 Å². The van der Waals surface area contributed by atoms with E-state index in [1.54, 1.807) is 0 Å². The highest BCUT2D eigenvalue weighted by atomic mass is 15.2. The van der Waals surface area contributed by atoms with Gasteiger partial charge in [0.25, 0.3) is 0 Å². The summed E-state index contributed by atoms with van der Waals surface area (Å²) in [6.45, 7) is 6.72. The summed E-state index contributed by atoms with van der Waals surface area (Å²) in [7, 11) is 2.19. The van der Waals surface area contributed by atoms with Gasteiger partial charge in [-0.2, -0.15) is 5.10 Å². The van der Waals surface area contributed by atoms with Crippen LogP contribution in [0.5, 0.6) is 0 Å². The lowest BCUT2D eigenvalue weighted by Crippen LogP contribution is -2.44. The standard InChI is InChI=1S/C19H27N5/c1-23-10-12-24(13-11-23)17-4-2-15(3-5-17)18-14-19(22-21-18)16-6-8-20-9-7-16/h2-5,14,16,20H,6-13H2,1H3,(H,21,22). The maximum atomic E-state index is 4.55. The maximum absolute atomic E-state index is 4.55. The molecular formula is C19H27N5. The highest BCUT2D eigenvalue weighted by molar-refractivity contribution is 5.63. The van der Waals surface area contributed by atoms with Gasteiger partial charge in [-0.15, -0.1) is 0 Å². The van der Waals surface area contributed by atoms with Gasteiger partial charge in [-0.3, -0.25) is 5.10 Å². The predicted molar refractivity (Wildman–Crippen MR) is 98.6 cm³/mol. The molecule has 0 spiro atoms. The van der Waals surface area contributed by atoms with Gasteiger partial charge in [0, 0.05) is 49.0 Å². The molecule has 0 bridgehead atoms. The summed E-state index contributed by atoms with van der Waals surface area (Å²) in [4.78, 5) is 4.85. The number of aromatic amines is 1. The molecule has 1 aromatic heterocycles. The third-order valence-corrected chi connectivity index (χ3v) is 5.41. The van der Waals surface area contributed by atoms with Crippen molar-refractivity contribution in [2.45, 2.75) is 18.8 Å². The highest BCUT2D eigenvalue weighted by Crippen LogP contribution is 2.28. The van der Waals surface area contributed by atoms with Crippen molar-refractivity contribution in [1.82, 2.24) is 20.4 Å². The van der Waals surface area contributed by atoms with Gasteiger partial charge in [0.15, 0.2) is 0 Å². The summed E-state index contributed by atoms with van der Waals surface area (Å²) in [6, 6.07) is 11.1. The van der Waals surface area contributed by atoms with E-state index in [-0.39, 0.29) is 0 Å². The first-order chi connectivity index (χ1) is 11.8.